The predicted molar refractivity (Wildman–Crippen MR) is 246 cm³/mol. The minimum atomic E-state index is 1.13. The number of hydrogen-bond donors (Lipinski definition) is 0. The Morgan fingerprint density at radius 1 is 0.321 bits per heavy atom. The Morgan fingerprint density at radius 3 is 1.12 bits per heavy atom. The van der Waals surface area contributed by atoms with E-state index in [1.54, 1.807) is 0 Å². The third-order valence-corrected chi connectivity index (χ3v) is 12.8. The molecule has 0 saturated carbocycles. The summed E-state index contributed by atoms with van der Waals surface area (Å²) in [7, 11) is 0. The Kier molecular flexibility index (Phi) is 8.71. The largest absolute Gasteiger partial charge is 0.310 e. The van der Waals surface area contributed by atoms with Gasteiger partial charge in [-0.15, -0.1) is 22.7 Å². The van der Waals surface area contributed by atoms with Crippen molar-refractivity contribution in [2.75, 3.05) is 9.80 Å². The molecule has 0 aliphatic carbocycles. The van der Waals surface area contributed by atoms with Crippen molar-refractivity contribution >= 4 is 109 Å². The maximum Gasteiger partial charge on any atom is 0.0468 e. The van der Waals surface area contributed by atoms with Crippen molar-refractivity contribution in [2.24, 2.45) is 0 Å². The molecule has 0 fully saturated rings. The lowest BCUT2D eigenvalue weighted by Gasteiger charge is -2.26. The van der Waals surface area contributed by atoms with Crippen LogP contribution in [0.15, 0.2) is 182 Å². The molecule has 0 spiro atoms. The lowest BCUT2D eigenvalue weighted by atomic mass is 10.1. The van der Waals surface area contributed by atoms with Crippen molar-refractivity contribution < 1.29 is 0 Å². The van der Waals surface area contributed by atoms with Crippen LogP contribution in [-0.2, 0) is 0 Å². The van der Waals surface area contributed by atoms with Crippen LogP contribution in [-0.4, -0.2) is 0 Å². The second-order valence-electron chi connectivity index (χ2n) is 14.4. The van der Waals surface area contributed by atoms with E-state index in [-0.39, 0.29) is 0 Å². The van der Waals surface area contributed by atoms with E-state index in [4.69, 9.17) is 0 Å². The summed E-state index contributed by atoms with van der Waals surface area (Å²) in [6.07, 6.45) is 4.40. The number of aryl methyl sites for hydroxylation is 2. The first kappa shape index (κ1) is 34.1. The summed E-state index contributed by atoms with van der Waals surface area (Å²) in [5.74, 6) is 0. The average Bonchev–Trinajstić information content (AvgIpc) is 3.79. The van der Waals surface area contributed by atoms with Gasteiger partial charge in [-0.1, -0.05) is 97.1 Å². The molecule has 10 rings (SSSR count). The molecular formula is C52H38N2S2. The Hall–Kier alpha value is -6.46. The number of anilines is 6. The quantitative estimate of drug-likeness (QED) is 0.143. The fourth-order valence-electron chi connectivity index (χ4n) is 7.80. The van der Waals surface area contributed by atoms with E-state index in [9.17, 15) is 0 Å². The fraction of sp³-hybridized carbons (Fsp3) is 0.0385. The molecule has 4 heteroatoms. The van der Waals surface area contributed by atoms with Crippen molar-refractivity contribution in [2.45, 2.75) is 13.8 Å². The zero-order valence-electron chi connectivity index (χ0n) is 31.2. The summed E-state index contributed by atoms with van der Waals surface area (Å²) >= 11 is 3.71. The van der Waals surface area contributed by atoms with E-state index in [0.717, 1.165) is 45.3 Å². The normalized spacial score (nSPS) is 11.7. The molecule has 268 valence electrons. The first-order valence-electron chi connectivity index (χ1n) is 19.0. The molecule has 0 saturated heterocycles. The van der Waals surface area contributed by atoms with Crippen molar-refractivity contribution in [1.82, 2.24) is 0 Å². The Labute approximate surface area is 335 Å². The van der Waals surface area contributed by atoms with E-state index in [1.807, 2.05) is 22.7 Å². The topological polar surface area (TPSA) is 6.48 Å². The summed E-state index contributed by atoms with van der Waals surface area (Å²) in [5.41, 5.74) is 11.6. The fourth-order valence-corrected chi connectivity index (χ4v) is 9.97. The lowest BCUT2D eigenvalue weighted by molar-refractivity contribution is 1.27. The van der Waals surface area contributed by atoms with Crippen LogP contribution < -0.4 is 9.80 Å². The smallest absolute Gasteiger partial charge is 0.0468 e. The summed E-state index contributed by atoms with van der Waals surface area (Å²) in [5, 5.41) is 5.21. The number of benzene rings is 8. The second-order valence-corrected chi connectivity index (χ2v) is 16.6. The molecule has 0 amide bonds. The van der Waals surface area contributed by atoms with Gasteiger partial charge in [-0.05, 0) is 133 Å². The van der Waals surface area contributed by atoms with Crippen LogP contribution in [0.25, 0.3) is 52.5 Å². The summed E-state index contributed by atoms with van der Waals surface area (Å²) in [6.45, 7) is 4.31. The van der Waals surface area contributed by atoms with E-state index >= 15 is 0 Å². The van der Waals surface area contributed by atoms with Gasteiger partial charge in [-0.2, -0.15) is 0 Å². The Balaban J connectivity index is 0.948. The van der Waals surface area contributed by atoms with Crippen LogP contribution in [0, 0.1) is 13.8 Å². The molecule has 8 aromatic carbocycles. The van der Waals surface area contributed by atoms with Gasteiger partial charge < -0.3 is 9.80 Å². The number of hydrogen-bond acceptors (Lipinski definition) is 4. The number of fused-ring (bicyclic) bond motifs is 6. The molecule has 56 heavy (non-hydrogen) atoms. The molecular weight excluding hydrogens is 717 g/mol. The molecule has 0 bridgehead atoms. The van der Waals surface area contributed by atoms with Gasteiger partial charge >= 0.3 is 0 Å². The van der Waals surface area contributed by atoms with Crippen LogP contribution in [0.2, 0.25) is 0 Å². The summed E-state index contributed by atoms with van der Waals surface area (Å²) in [4.78, 5) is 4.73. The molecule has 0 unspecified atom stereocenters. The van der Waals surface area contributed by atoms with E-state index < -0.39 is 0 Å². The van der Waals surface area contributed by atoms with Crippen molar-refractivity contribution in [1.29, 1.82) is 0 Å². The Bertz CT molecular complexity index is 2850. The van der Waals surface area contributed by atoms with Gasteiger partial charge in [0, 0.05) is 74.5 Å². The second kappa shape index (κ2) is 14.3. The van der Waals surface area contributed by atoms with Crippen LogP contribution in [0.1, 0.15) is 22.3 Å². The SMILES string of the molecule is Cc1cccc(N(c2ccc(C=Cc3ccc(N(c4cccc(C)c4)c4ccc5sc6ccccc6c5c4)cc3)cc2)c2ccc3sc4ccccc4c3c2)c1. The molecule has 10 aromatic rings. The maximum atomic E-state index is 2.36. The highest BCUT2D eigenvalue weighted by atomic mass is 32.1. The number of thiophene rings is 2. The minimum absolute atomic E-state index is 1.13. The molecule has 2 aromatic heterocycles. The van der Waals surface area contributed by atoms with Gasteiger partial charge in [0.15, 0.2) is 0 Å². The van der Waals surface area contributed by atoms with Crippen LogP contribution in [0.4, 0.5) is 34.1 Å². The van der Waals surface area contributed by atoms with Crippen LogP contribution in [0.3, 0.4) is 0 Å². The third kappa shape index (κ3) is 6.43. The zero-order chi connectivity index (χ0) is 37.6. The highest BCUT2D eigenvalue weighted by Crippen LogP contribution is 2.42. The van der Waals surface area contributed by atoms with Crippen LogP contribution >= 0.6 is 22.7 Å². The summed E-state index contributed by atoms with van der Waals surface area (Å²) < 4.78 is 5.26. The van der Waals surface area contributed by atoms with Gasteiger partial charge in [0.2, 0.25) is 0 Å². The van der Waals surface area contributed by atoms with Crippen molar-refractivity contribution in [3.8, 4) is 0 Å². The maximum absolute atomic E-state index is 2.36. The van der Waals surface area contributed by atoms with Gasteiger partial charge in [0.05, 0.1) is 0 Å². The molecule has 0 radical (unpaired) electrons. The third-order valence-electron chi connectivity index (χ3n) is 10.5. The number of rotatable bonds is 8. The first-order chi connectivity index (χ1) is 27.5. The summed E-state index contributed by atoms with van der Waals surface area (Å²) in [6, 6.07) is 66.4. The van der Waals surface area contributed by atoms with Gasteiger partial charge in [0.1, 0.15) is 0 Å². The highest BCUT2D eigenvalue weighted by molar-refractivity contribution is 7.26. The number of nitrogens with zero attached hydrogens (tertiary/aromatic N) is 2. The first-order valence-corrected chi connectivity index (χ1v) is 20.6. The van der Waals surface area contributed by atoms with Crippen molar-refractivity contribution in [3.05, 3.63) is 204 Å². The van der Waals surface area contributed by atoms with Gasteiger partial charge in [-0.3, -0.25) is 0 Å². The standard InChI is InChI=1S/C52H38N2S2/c1-35-9-7-11-41(31-35)53(43-27-29-51-47(33-43)45-13-3-5-15-49(45)55-51)39-23-19-37(20-24-39)17-18-38-21-25-40(26-22-38)54(42-12-8-10-36(2)32-42)44-28-30-52-48(34-44)46-14-4-6-16-50(46)56-52/h3-34H,1-2H3. The molecule has 0 aliphatic rings. The van der Waals surface area contributed by atoms with Gasteiger partial charge in [-0.25, -0.2) is 0 Å². The minimum Gasteiger partial charge on any atom is -0.310 e. The van der Waals surface area contributed by atoms with Crippen molar-refractivity contribution in [3.63, 3.8) is 0 Å². The molecule has 0 N–H and O–H groups in total. The van der Waals surface area contributed by atoms with Gasteiger partial charge in [0.25, 0.3) is 0 Å². The Morgan fingerprint density at radius 2 is 0.696 bits per heavy atom. The zero-order valence-corrected chi connectivity index (χ0v) is 32.8. The van der Waals surface area contributed by atoms with E-state index in [0.29, 0.717) is 0 Å². The van der Waals surface area contributed by atoms with Crippen LogP contribution in [0.5, 0.6) is 0 Å². The molecule has 2 heterocycles. The monoisotopic (exact) mass is 754 g/mol. The lowest BCUT2D eigenvalue weighted by Crippen LogP contribution is -2.10. The highest BCUT2D eigenvalue weighted by Gasteiger charge is 2.17. The molecule has 0 aliphatic heterocycles. The van der Waals surface area contributed by atoms with E-state index in [1.165, 1.54) is 51.5 Å². The molecule has 0 atom stereocenters. The molecule has 2 nitrogen and oxygen atoms in total. The predicted octanol–water partition coefficient (Wildman–Crippen LogP) is 16.1. The van der Waals surface area contributed by atoms with E-state index in [2.05, 4.69) is 218 Å². The average molecular weight is 755 g/mol.